The van der Waals surface area contributed by atoms with Gasteiger partial charge in [0.2, 0.25) is 0 Å². The Kier molecular flexibility index (Phi) is 4.36. The Morgan fingerprint density at radius 1 is 1.42 bits per heavy atom. The van der Waals surface area contributed by atoms with Gasteiger partial charge >= 0.3 is 6.03 Å². The molecule has 2 amide bonds. The molecule has 19 heavy (non-hydrogen) atoms. The summed E-state index contributed by atoms with van der Waals surface area (Å²) in [7, 11) is 1.92. The molecule has 2 rings (SSSR count). The van der Waals surface area contributed by atoms with Gasteiger partial charge in [0.15, 0.2) is 0 Å². The number of nitrogens with one attached hydrogen (secondary N) is 1. The van der Waals surface area contributed by atoms with Crippen LogP contribution in [-0.2, 0) is 4.74 Å². The number of hydrogen-bond acceptors (Lipinski definition) is 3. The molecular formula is C14H27N3O2. The van der Waals surface area contributed by atoms with Crippen LogP contribution in [-0.4, -0.2) is 67.8 Å². The molecule has 2 fully saturated rings. The molecule has 2 heterocycles. The number of amides is 2. The number of urea groups is 1. The topological polar surface area (TPSA) is 44.8 Å². The van der Waals surface area contributed by atoms with Crippen LogP contribution in [0.3, 0.4) is 0 Å². The van der Waals surface area contributed by atoms with Crippen molar-refractivity contribution in [1.29, 1.82) is 0 Å². The van der Waals surface area contributed by atoms with Crippen molar-refractivity contribution in [3.63, 3.8) is 0 Å². The third kappa shape index (κ3) is 3.39. The smallest absolute Gasteiger partial charge is 0.320 e. The second-order valence-electron chi connectivity index (χ2n) is 6.74. The molecule has 2 aliphatic heterocycles. The minimum Gasteiger partial charge on any atom is -0.379 e. The molecule has 0 aromatic carbocycles. The predicted octanol–water partition coefficient (Wildman–Crippen LogP) is 1.15. The summed E-state index contributed by atoms with van der Waals surface area (Å²) in [6.45, 7) is 10.7. The highest BCUT2D eigenvalue weighted by Crippen LogP contribution is 2.29. The summed E-state index contributed by atoms with van der Waals surface area (Å²) < 4.78 is 5.44. The summed E-state index contributed by atoms with van der Waals surface area (Å²) in [5, 5.41) is 3.43. The summed E-state index contributed by atoms with van der Waals surface area (Å²) in [6, 6.07) is 0.854. The highest BCUT2D eigenvalue weighted by atomic mass is 16.5. The fraction of sp³-hybridized carbons (Fsp3) is 0.929. The Balaban J connectivity index is 1.85. The summed E-state index contributed by atoms with van der Waals surface area (Å²) in [6.07, 6.45) is 0.969. The summed E-state index contributed by atoms with van der Waals surface area (Å²) in [5.41, 5.74) is 0.130. The van der Waals surface area contributed by atoms with Gasteiger partial charge in [-0.25, -0.2) is 4.79 Å². The van der Waals surface area contributed by atoms with Crippen LogP contribution in [0.5, 0.6) is 0 Å². The van der Waals surface area contributed by atoms with Crippen LogP contribution in [0, 0.1) is 5.41 Å². The standard InChI is InChI=1S/C14H27N3O2/c1-14(2,3)12-9-17(13(18)16(12)4)7-5-11-10-19-8-6-15-11/h11-12,15H,5-10H2,1-4H3. The lowest BCUT2D eigenvalue weighted by molar-refractivity contribution is 0.0716. The average molecular weight is 269 g/mol. The van der Waals surface area contributed by atoms with E-state index in [4.69, 9.17) is 4.74 Å². The summed E-state index contributed by atoms with van der Waals surface area (Å²) in [5.74, 6) is 0. The number of ether oxygens (including phenoxy) is 1. The zero-order valence-corrected chi connectivity index (χ0v) is 12.6. The number of nitrogens with zero attached hydrogens (tertiary/aromatic N) is 2. The van der Waals surface area contributed by atoms with Crippen LogP contribution in [0.15, 0.2) is 0 Å². The number of hydrogen-bond donors (Lipinski definition) is 1. The second kappa shape index (κ2) is 5.67. The first-order chi connectivity index (χ1) is 8.89. The molecule has 2 saturated heterocycles. The number of rotatable bonds is 3. The molecule has 5 nitrogen and oxygen atoms in total. The van der Waals surface area contributed by atoms with E-state index in [0.29, 0.717) is 12.1 Å². The molecule has 0 aliphatic carbocycles. The normalized spacial score (nSPS) is 29.2. The number of morpholine rings is 1. The van der Waals surface area contributed by atoms with Crippen LogP contribution < -0.4 is 5.32 Å². The maximum Gasteiger partial charge on any atom is 0.320 e. The Hall–Kier alpha value is -0.810. The zero-order chi connectivity index (χ0) is 14.0. The molecule has 110 valence electrons. The maximum atomic E-state index is 12.2. The quantitative estimate of drug-likeness (QED) is 0.836. The summed E-state index contributed by atoms with van der Waals surface area (Å²) >= 11 is 0. The van der Waals surface area contributed by atoms with Gasteiger partial charge in [-0.15, -0.1) is 0 Å². The molecule has 0 bridgehead atoms. The lowest BCUT2D eigenvalue weighted by atomic mass is 9.86. The highest BCUT2D eigenvalue weighted by molar-refractivity contribution is 5.77. The zero-order valence-electron chi connectivity index (χ0n) is 12.6. The van der Waals surface area contributed by atoms with Crippen LogP contribution in [0.4, 0.5) is 4.79 Å². The van der Waals surface area contributed by atoms with E-state index in [1.807, 2.05) is 16.8 Å². The third-order valence-electron chi connectivity index (χ3n) is 4.18. The van der Waals surface area contributed by atoms with Gasteiger partial charge in [0.05, 0.1) is 19.3 Å². The number of carbonyl (C=O) groups excluding carboxylic acids is 1. The van der Waals surface area contributed by atoms with Gasteiger partial charge in [0.1, 0.15) is 0 Å². The van der Waals surface area contributed by atoms with E-state index in [0.717, 1.165) is 39.3 Å². The minimum atomic E-state index is 0.130. The van der Waals surface area contributed by atoms with E-state index in [1.54, 1.807) is 0 Å². The van der Waals surface area contributed by atoms with Gasteiger partial charge < -0.3 is 19.9 Å². The van der Waals surface area contributed by atoms with Gasteiger partial charge in [0, 0.05) is 32.7 Å². The van der Waals surface area contributed by atoms with Crippen molar-refractivity contribution >= 4 is 6.03 Å². The largest absolute Gasteiger partial charge is 0.379 e. The Morgan fingerprint density at radius 3 is 2.68 bits per heavy atom. The van der Waals surface area contributed by atoms with Crippen molar-refractivity contribution in [2.75, 3.05) is 39.9 Å². The van der Waals surface area contributed by atoms with Crippen LogP contribution >= 0.6 is 0 Å². The van der Waals surface area contributed by atoms with Gasteiger partial charge in [-0.2, -0.15) is 0 Å². The Labute approximate surface area is 116 Å². The van der Waals surface area contributed by atoms with Crippen LogP contribution in [0.2, 0.25) is 0 Å². The van der Waals surface area contributed by atoms with Crippen molar-refractivity contribution < 1.29 is 9.53 Å². The first kappa shape index (κ1) is 14.6. The van der Waals surface area contributed by atoms with Crippen molar-refractivity contribution in [2.45, 2.75) is 39.3 Å². The van der Waals surface area contributed by atoms with Gasteiger partial charge in [-0.05, 0) is 11.8 Å². The predicted molar refractivity (Wildman–Crippen MR) is 75.2 cm³/mol. The molecule has 0 spiro atoms. The van der Waals surface area contributed by atoms with Crippen LogP contribution in [0.1, 0.15) is 27.2 Å². The summed E-state index contributed by atoms with van der Waals surface area (Å²) in [4.78, 5) is 16.1. The maximum absolute atomic E-state index is 12.2. The van der Waals surface area contributed by atoms with Gasteiger partial charge in [-0.1, -0.05) is 20.8 Å². The molecule has 5 heteroatoms. The van der Waals surface area contributed by atoms with Gasteiger partial charge in [-0.3, -0.25) is 0 Å². The van der Waals surface area contributed by atoms with E-state index >= 15 is 0 Å². The minimum absolute atomic E-state index is 0.130. The van der Waals surface area contributed by atoms with E-state index in [9.17, 15) is 4.79 Å². The number of carbonyl (C=O) groups is 1. The second-order valence-corrected chi connectivity index (χ2v) is 6.74. The molecule has 2 unspecified atom stereocenters. The molecule has 0 radical (unpaired) electrons. The SMILES string of the molecule is CN1C(=O)N(CCC2COCCN2)CC1C(C)(C)C. The van der Waals surface area contributed by atoms with Crippen molar-refractivity contribution in [1.82, 2.24) is 15.1 Å². The van der Waals surface area contributed by atoms with Crippen molar-refractivity contribution in [3.05, 3.63) is 0 Å². The van der Waals surface area contributed by atoms with E-state index in [1.165, 1.54) is 0 Å². The Morgan fingerprint density at radius 2 is 2.16 bits per heavy atom. The average Bonchev–Trinajstić information content (AvgIpc) is 2.65. The molecule has 0 aromatic rings. The molecule has 2 aliphatic rings. The Bertz CT molecular complexity index is 321. The molecule has 1 N–H and O–H groups in total. The van der Waals surface area contributed by atoms with Gasteiger partial charge in [0.25, 0.3) is 0 Å². The van der Waals surface area contributed by atoms with E-state index < -0.39 is 0 Å². The molecule has 2 atom stereocenters. The fourth-order valence-electron chi connectivity index (χ4n) is 2.92. The van der Waals surface area contributed by atoms with Crippen molar-refractivity contribution in [2.24, 2.45) is 5.41 Å². The lowest BCUT2D eigenvalue weighted by Gasteiger charge is -2.31. The van der Waals surface area contributed by atoms with E-state index in [-0.39, 0.29) is 11.4 Å². The lowest BCUT2D eigenvalue weighted by Crippen LogP contribution is -2.43. The van der Waals surface area contributed by atoms with E-state index in [2.05, 4.69) is 26.1 Å². The molecule has 0 aromatic heterocycles. The monoisotopic (exact) mass is 269 g/mol. The van der Waals surface area contributed by atoms with Crippen LogP contribution in [0.25, 0.3) is 0 Å². The third-order valence-corrected chi connectivity index (χ3v) is 4.18. The molecule has 0 saturated carbocycles. The van der Waals surface area contributed by atoms with Crippen molar-refractivity contribution in [3.8, 4) is 0 Å². The number of likely N-dealkylation sites (N-methyl/N-ethyl adjacent to an activating group) is 1. The first-order valence-corrected chi connectivity index (χ1v) is 7.22. The fourth-order valence-corrected chi connectivity index (χ4v) is 2.92. The highest BCUT2D eigenvalue weighted by Gasteiger charge is 2.40. The molecular weight excluding hydrogens is 242 g/mol. The first-order valence-electron chi connectivity index (χ1n) is 7.22.